The van der Waals surface area contributed by atoms with E-state index in [0.29, 0.717) is 11.5 Å². The van der Waals surface area contributed by atoms with Crippen LogP contribution in [0.5, 0.6) is 11.5 Å². The maximum absolute atomic E-state index is 12.8. The molecular weight excluding hydrogens is 356 g/mol. The monoisotopic (exact) mass is 370 g/mol. The molecule has 0 aliphatic carbocycles. The number of thiophene rings is 1. The molecule has 0 saturated carbocycles. The number of hydrogen-bond acceptors (Lipinski definition) is 5. The lowest BCUT2D eigenvalue weighted by Gasteiger charge is -2.12. The highest BCUT2D eigenvalue weighted by Crippen LogP contribution is 2.39. The van der Waals surface area contributed by atoms with Gasteiger partial charge in [-0.3, -0.25) is 0 Å². The van der Waals surface area contributed by atoms with Crippen LogP contribution in [0, 0.1) is 0 Å². The van der Waals surface area contributed by atoms with Gasteiger partial charge in [0.05, 0.1) is 7.11 Å². The molecule has 0 radical (unpaired) electrons. The fraction of sp³-hybridized carbons (Fsp3) is 0.0526. The summed E-state index contributed by atoms with van der Waals surface area (Å²) < 4.78 is 37.3. The SMILES string of the molecule is COc1cccc(S(=O)(=O)Oc2c3ccccc3cc3sccc23)c1. The molecule has 0 bridgehead atoms. The Morgan fingerprint density at radius 2 is 1.76 bits per heavy atom. The predicted molar refractivity (Wildman–Crippen MR) is 100 cm³/mol. The van der Waals surface area contributed by atoms with Crippen LogP contribution in [-0.4, -0.2) is 15.5 Å². The van der Waals surface area contributed by atoms with E-state index in [-0.39, 0.29) is 4.90 Å². The van der Waals surface area contributed by atoms with Gasteiger partial charge in [-0.15, -0.1) is 11.3 Å². The number of methoxy groups -OCH3 is 1. The van der Waals surface area contributed by atoms with Crippen molar-refractivity contribution in [3.05, 3.63) is 66.0 Å². The summed E-state index contributed by atoms with van der Waals surface area (Å²) in [6, 6.07) is 17.8. The molecule has 0 fully saturated rings. The summed E-state index contributed by atoms with van der Waals surface area (Å²) in [5, 5.41) is 4.41. The van der Waals surface area contributed by atoms with E-state index in [0.717, 1.165) is 20.9 Å². The molecule has 0 spiro atoms. The van der Waals surface area contributed by atoms with Gasteiger partial charge >= 0.3 is 10.1 Å². The first-order chi connectivity index (χ1) is 12.1. The Labute approximate surface area is 149 Å². The number of rotatable bonds is 4. The minimum absolute atomic E-state index is 0.0585. The van der Waals surface area contributed by atoms with Gasteiger partial charge in [-0.05, 0) is 35.0 Å². The van der Waals surface area contributed by atoms with Crippen molar-refractivity contribution in [3.8, 4) is 11.5 Å². The van der Waals surface area contributed by atoms with Gasteiger partial charge in [0.2, 0.25) is 0 Å². The largest absolute Gasteiger partial charge is 0.497 e. The average Bonchev–Trinajstić information content (AvgIpc) is 3.10. The average molecular weight is 370 g/mol. The van der Waals surface area contributed by atoms with E-state index < -0.39 is 10.1 Å². The van der Waals surface area contributed by atoms with Gasteiger partial charge in [-0.25, -0.2) is 0 Å². The molecule has 1 heterocycles. The van der Waals surface area contributed by atoms with Crippen molar-refractivity contribution >= 4 is 42.3 Å². The van der Waals surface area contributed by atoms with Crippen LogP contribution in [0.2, 0.25) is 0 Å². The van der Waals surface area contributed by atoms with Crippen molar-refractivity contribution in [2.75, 3.05) is 7.11 Å². The highest BCUT2D eigenvalue weighted by Gasteiger charge is 2.21. The summed E-state index contributed by atoms with van der Waals surface area (Å²) in [5.41, 5.74) is 0. The molecule has 3 aromatic carbocycles. The molecule has 4 rings (SSSR count). The maximum Gasteiger partial charge on any atom is 0.339 e. The molecule has 4 nitrogen and oxygen atoms in total. The van der Waals surface area contributed by atoms with Crippen LogP contribution in [0.3, 0.4) is 0 Å². The molecule has 6 heteroatoms. The van der Waals surface area contributed by atoms with E-state index >= 15 is 0 Å². The zero-order valence-corrected chi connectivity index (χ0v) is 14.9. The van der Waals surface area contributed by atoms with E-state index in [2.05, 4.69) is 0 Å². The molecule has 0 atom stereocenters. The standard InChI is InChI=1S/C19H14O4S2/c1-22-14-6-4-7-15(12-14)25(20,21)23-19-16-8-3-2-5-13(16)11-18-17(19)9-10-24-18/h2-12H,1H3. The van der Waals surface area contributed by atoms with Crippen molar-refractivity contribution in [1.29, 1.82) is 0 Å². The molecule has 0 N–H and O–H groups in total. The second kappa shape index (κ2) is 6.06. The molecule has 0 saturated heterocycles. The van der Waals surface area contributed by atoms with E-state index in [4.69, 9.17) is 8.92 Å². The Bertz CT molecular complexity index is 1180. The predicted octanol–water partition coefficient (Wildman–Crippen LogP) is 4.83. The molecule has 0 aliphatic rings. The molecule has 4 aromatic rings. The molecule has 25 heavy (non-hydrogen) atoms. The number of benzene rings is 3. The molecular formula is C19H14O4S2. The molecule has 0 unspecified atom stereocenters. The third-order valence-electron chi connectivity index (χ3n) is 3.95. The maximum atomic E-state index is 12.8. The van der Waals surface area contributed by atoms with E-state index in [9.17, 15) is 8.42 Å². The summed E-state index contributed by atoms with van der Waals surface area (Å²) in [6.07, 6.45) is 0. The second-order valence-electron chi connectivity index (χ2n) is 5.48. The Kier molecular flexibility index (Phi) is 3.86. The summed E-state index contributed by atoms with van der Waals surface area (Å²) in [7, 11) is -2.49. The summed E-state index contributed by atoms with van der Waals surface area (Å²) in [6.45, 7) is 0. The van der Waals surface area contributed by atoms with Crippen LogP contribution in [0.25, 0.3) is 20.9 Å². The first-order valence-corrected chi connectivity index (χ1v) is 9.85. The van der Waals surface area contributed by atoms with Gasteiger partial charge in [0.25, 0.3) is 0 Å². The summed E-state index contributed by atoms with van der Waals surface area (Å²) in [5.74, 6) is 0.820. The van der Waals surface area contributed by atoms with Crippen molar-refractivity contribution in [1.82, 2.24) is 0 Å². The van der Waals surface area contributed by atoms with Gasteiger partial charge in [0.1, 0.15) is 10.6 Å². The highest BCUT2D eigenvalue weighted by atomic mass is 32.2. The first-order valence-electron chi connectivity index (χ1n) is 7.56. The number of ether oxygens (including phenoxy) is 1. The van der Waals surface area contributed by atoms with Crippen molar-refractivity contribution in [3.63, 3.8) is 0 Å². The van der Waals surface area contributed by atoms with E-state index in [1.165, 1.54) is 19.2 Å². The second-order valence-corrected chi connectivity index (χ2v) is 7.97. The zero-order chi connectivity index (χ0) is 17.4. The molecule has 0 amide bonds. The van der Waals surface area contributed by atoms with Gasteiger partial charge in [-0.2, -0.15) is 8.42 Å². The molecule has 0 aliphatic heterocycles. The third kappa shape index (κ3) is 2.83. The fourth-order valence-corrected chi connectivity index (χ4v) is 4.57. The quantitative estimate of drug-likeness (QED) is 0.483. The van der Waals surface area contributed by atoms with Crippen molar-refractivity contribution in [2.24, 2.45) is 0 Å². The van der Waals surface area contributed by atoms with Crippen LogP contribution in [-0.2, 0) is 10.1 Å². The van der Waals surface area contributed by atoms with Crippen LogP contribution in [0.4, 0.5) is 0 Å². The molecule has 126 valence electrons. The lowest BCUT2D eigenvalue weighted by Crippen LogP contribution is -2.10. The van der Waals surface area contributed by atoms with Crippen LogP contribution >= 0.6 is 11.3 Å². The zero-order valence-electron chi connectivity index (χ0n) is 13.3. The smallest absolute Gasteiger partial charge is 0.339 e. The summed E-state index contributed by atoms with van der Waals surface area (Å²) in [4.78, 5) is 0.0585. The van der Waals surface area contributed by atoms with Gasteiger partial charge < -0.3 is 8.92 Å². The normalized spacial score (nSPS) is 11.7. The van der Waals surface area contributed by atoms with Crippen molar-refractivity contribution in [2.45, 2.75) is 4.90 Å². The summed E-state index contributed by atoms with van der Waals surface area (Å²) >= 11 is 1.55. The molecule has 1 aromatic heterocycles. The first kappa shape index (κ1) is 15.9. The lowest BCUT2D eigenvalue weighted by atomic mass is 10.1. The van der Waals surface area contributed by atoms with Crippen molar-refractivity contribution < 1.29 is 17.3 Å². The topological polar surface area (TPSA) is 52.6 Å². The van der Waals surface area contributed by atoms with Gasteiger partial charge in [0, 0.05) is 21.5 Å². The third-order valence-corrected chi connectivity index (χ3v) is 6.04. The fourth-order valence-electron chi connectivity index (χ4n) is 2.74. The minimum Gasteiger partial charge on any atom is -0.497 e. The Hall–Kier alpha value is -2.57. The lowest BCUT2D eigenvalue weighted by molar-refractivity contribution is 0.412. The highest BCUT2D eigenvalue weighted by molar-refractivity contribution is 7.87. The Balaban J connectivity index is 1.90. The van der Waals surface area contributed by atoms with Crippen LogP contribution in [0.1, 0.15) is 0 Å². The van der Waals surface area contributed by atoms with Gasteiger partial charge in [-0.1, -0.05) is 30.3 Å². The van der Waals surface area contributed by atoms with E-state index in [1.807, 2.05) is 41.8 Å². The van der Waals surface area contributed by atoms with Crippen LogP contribution < -0.4 is 8.92 Å². The Morgan fingerprint density at radius 1 is 0.920 bits per heavy atom. The number of hydrogen-bond donors (Lipinski definition) is 0. The van der Waals surface area contributed by atoms with Gasteiger partial charge in [0.15, 0.2) is 5.75 Å². The Morgan fingerprint density at radius 3 is 2.60 bits per heavy atom. The minimum atomic E-state index is -3.98. The van der Waals surface area contributed by atoms with E-state index in [1.54, 1.807) is 23.5 Å². The van der Waals surface area contributed by atoms with Crippen LogP contribution in [0.15, 0.2) is 70.9 Å². The number of fused-ring (bicyclic) bond motifs is 2.